The molecule has 0 saturated heterocycles. The summed E-state index contributed by atoms with van der Waals surface area (Å²) in [5, 5.41) is 5.93. The molecule has 31 heavy (non-hydrogen) atoms. The second-order valence-corrected chi connectivity index (χ2v) is 7.02. The van der Waals surface area contributed by atoms with Gasteiger partial charge in [-0.15, -0.1) is 0 Å². The second-order valence-electron chi connectivity index (χ2n) is 7.02. The highest BCUT2D eigenvalue weighted by molar-refractivity contribution is 6.04. The molecule has 0 aliphatic heterocycles. The average molecular weight is 408 g/mol. The number of ether oxygens (including phenoxy) is 1. The minimum absolute atomic E-state index is 0.324. The molecule has 4 rings (SSSR count). The Morgan fingerprint density at radius 2 is 1.52 bits per heavy atom. The lowest BCUT2D eigenvalue weighted by Crippen LogP contribution is -2.17. The van der Waals surface area contributed by atoms with Gasteiger partial charge in [0.2, 0.25) is 0 Å². The van der Waals surface area contributed by atoms with Gasteiger partial charge in [0.25, 0.3) is 5.91 Å². The Hall–Kier alpha value is -4.25. The van der Waals surface area contributed by atoms with E-state index >= 15 is 0 Å². The Labute approximate surface area is 180 Å². The van der Waals surface area contributed by atoms with Gasteiger partial charge >= 0.3 is 5.97 Å². The summed E-state index contributed by atoms with van der Waals surface area (Å²) >= 11 is 0. The summed E-state index contributed by atoms with van der Waals surface area (Å²) in [5.41, 5.74) is 5.14. The van der Waals surface area contributed by atoms with Gasteiger partial charge in [0, 0.05) is 11.1 Å². The first-order chi connectivity index (χ1) is 15.1. The number of hydrogen-bond donors (Lipinski definition) is 1. The minimum atomic E-state index is -0.460. The number of hydrazone groups is 1. The van der Waals surface area contributed by atoms with Crippen LogP contribution < -0.4 is 10.2 Å². The van der Waals surface area contributed by atoms with E-state index in [9.17, 15) is 9.59 Å². The fraction of sp³-hybridized carbons (Fsp3) is 0.0385. The van der Waals surface area contributed by atoms with Gasteiger partial charge in [-0.2, -0.15) is 5.10 Å². The van der Waals surface area contributed by atoms with Crippen LogP contribution in [0.4, 0.5) is 0 Å². The monoisotopic (exact) mass is 408 g/mol. The fourth-order valence-electron chi connectivity index (χ4n) is 3.16. The molecular weight excluding hydrogens is 388 g/mol. The lowest BCUT2D eigenvalue weighted by atomic mass is 10.0. The van der Waals surface area contributed by atoms with Crippen LogP contribution in [0.3, 0.4) is 0 Å². The van der Waals surface area contributed by atoms with Crippen molar-refractivity contribution in [3.63, 3.8) is 0 Å². The number of aryl methyl sites for hydroxylation is 1. The molecule has 0 fully saturated rings. The molecule has 0 atom stereocenters. The van der Waals surface area contributed by atoms with Crippen molar-refractivity contribution in [3.05, 3.63) is 113 Å². The normalized spacial score (nSPS) is 10.9. The number of amides is 1. The van der Waals surface area contributed by atoms with Crippen molar-refractivity contribution in [3.8, 4) is 5.75 Å². The maximum absolute atomic E-state index is 12.6. The zero-order valence-electron chi connectivity index (χ0n) is 16.9. The molecule has 0 spiro atoms. The maximum atomic E-state index is 12.6. The lowest BCUT2D eigenvalue weighted by molar-refractivity contribution is 0.0734. The number of esters is 1. The molecule has 0 heterocycles. The molecular formula is C26H20N2O3. The van der Waals surface area contributed by atoms with Crippen LogP contribution in [0.2, 0.25) is 0 Å². The Morgan fingerprint density at radius 1 is 0.806 bits per heavy atom. The summed E-state index contributed by atoms with van der Waals surface area (Å²) in [4.78, 5) is 24.9. The molecule has 152 valence electrons. The summed E-state index contributed by atoms with van der Waals surface area (Å²) < 4.78 is 5.68. The maximum Gasteiger partial charge on any atom is 0.343 e. The van der Waals surface area contributed by atoms with Crippen molar-refractivity contribution in [1.82, 2.24) is 5.43 Å². The van der Waals surface area contributed by atoms with Gasteiger partial charge in [0.05, 0.1) is 11.8 Å². The smallest absolute Gasteiger partial charge is 0.343 e. The van der Waals surface area contributed by atoms with E-state index in [1.54, 1.807) is 42.5 Å². The summed E-state index contributed by atoms with van der Waals surface area (Å²) in [6, 6.07) is 27.3. The zero-order valence-corrected chi connectivity index (χ0v) is 16.9. The van der Waals surface area contributed by atoms with E-state index in [1.165, 1.54) is 6.21 Å². The number of rotatable bonds is 5. The third-order valence-electron chi connectivity index (χ3n) is 4.82. The number of carbonyl (C=O) groups excluding carboxylic acids is 2. The predicted octanol–water partition coefficient (Wildman–Crippen LogP) is 5.13. The Kier molecular flexibility index (Phi) is 5.85. The Bertz CT molecular complexity index is 1260. The lowest BCUT2D eigenvalue weighted by Gasteiger charge is -2.11. The molecule has 0 saturated carbocycles. The summed E-state index contributed by atoms with van der Waals surface area (Å²) in [6.07, 6.45) is 1.50. The van der Waals surface area contributed by atoms with E-state index in [0.717, 1.165) is 16.3 Å². The van der Waals surface area contributed by atoms with E-state index < -0.39 is 5.97 Å². The van der Waals surface area contributed by atoms with Crippen LogP contribution in [-0.2, 0) is 0 Å². The largest absolute Gasteiger partial charge is 0.422 e. The first-order valence-corrected chi connectivity index (χ1v) is 9.81. The number of fused-ring (bicyclic) bond motifs is 1. The number of carbonyl (C=O) groups is 2. The molecule has 4 aromatic rings. The predicted molar refractivity (Wildman–Crippen MR) is 122 cm³/mol. The minimum Gasteiger partial charge on any atom is -0.422 e. The van der Waals surface area contributed by atoms with Gasteiger partial charge in [0.1, 0.15) is 5.75 Å². The molecule has 0 bridgehead atoms. The Morgan fingerprint density at radius 3 is 2.29 bits per heavy atom. The summed E-state index contributed by atoms with van der Waals surface area (Å²) in [5.74, 6) is -0.421. The van der Waals surface area contributed by atoms with Crippen LogP contribution in [0.25, 0.3) is 10.8 Å². The van der Waals surface area contributed by atoms with E-state index in [0.29, 0.717) is 22.4 Å². The highest BCUT2D eigenvalue weighted by Gasteiger charge is 2.13. The van der Waals surface area contributed by atoms with Crippen LogP contribution in [0.5, 0.6) is 5.75 Å². The molecule has 0 unspecified atom stereocenters. The first kappa shape index (κ1) is 20.0. The molecule has 5 nitrogen and oxygen atoms in total. The van der Waals surface area contributed by atoms with Gasteiger partial charge in [-0.05, 0) is 48.0 Å². The van der Waals surface area contributed by atoms with Crippen molar-refractivity contribution in [2.45, 2.75) is 6.92 Å². The van der Waals surface area contributed by atoms with Crippen molar-refractivity contribution < 1.29 is 14.3 Å². The second kappa shape index (κ2) is 9.05. The standard InChI is InChI=1S/C26H20N2O3/c1-18-11-13-21(14-12-18)26(30)31-24-16-15-19-7-5-6-10-22(19)23(24)17-27-28-25(29)20-8-3-2-4-9-20/h2-17H,1H3,(H,28,29)/b27-17-. The zero-order chi connectivity index (χ0) is 21.6. The number of hydrogen-bond acceptors (Lipinski definition) is 4. The van der Waals surface area contributed by atoms with Crippen molar-refractivity contribution in [2.75, 3.05) is 0 Å². The SMILES string of the molecule is Cc1ccc(C(=O)Oc2ccc3ccccc3c2/C=N\NC(=O)c2ccccc2)cc1. The summed E-state index contributed by atoms with van der Waals surface area (Å²) in [6.45, 7) is 1.96. The van der Waals surface area contributed by atoms with Gasteiger partial charge in [0.15, 0.2) is 0 Å². The topological polar surface area (TPSA) is 67.8 Å². The van der Waals surface area contributed by atoms with Crippen LogP contribution in [-0.4, -0.2) is 18.1 Å². The highest BCUT2D eigenvalue weighted by Crippen LogP contribution is 2.27. The van der Waals surface area contributed by atoms with Gasteiger partial charge in [-0.1, -0.05) is 66.2 Å². The first-order valence-electron chi connectivity index (χ1n) is 9.81. The quantitative estimate of drug-likeness (QED) is 0.215. The van der Waals surface area contributed by atoms with Gasteiger partial charge in [-0.25, -0.2) is 10.2 Å². The number of nitrogens with zero attached hydrogens (tertiary/aromatic N) is 1. The van der Waals surface area contributed by atoms with Crippen LogP contribution in [0.1, 0.15) is 31.8 Å². The number of nitrogens with one attached hydrogen (secondary N) is 1. The molecule has 1 amide bonds. The average Bonchev–Trinajstić information content (AvgIpc) is 2.81. The van der Waals surface area contributed by atoms with Crippen LogP contribution >= 0.6 is 0 Å². The Balaban J connectivity index is 1.63. The van der Waals surface area contributed by atoms with E-state index in [-0.39, 0.29) is 5.91 Å². The summed E-state index contributed by atoms with van der Waals surface area (Å²) in [7, 11) is 0. The third kappa shape index (κ3) is 4.67. The molecule has 0 aliphatic carbocycles. The number of benzene rings is 4. The van der Waals surface area contributed by atoms with Crippen molar-refractivity contribution in [1.29, 1.82) is 0 Å². The molecule has 5 heteroatoms. The molecule has 0 radical (unpaired) electrons. The van der Waals surface area contributed by atoms with Crippen LogP contribution in [0.15, 0.2) is 96.1 Å². The van der Waals surface area contributed by atoms with Crippen molar-refractivity contribution >= 4 is 28.9 Å². The van der Waals surface area contributed by atoms with E-state index in [1.807, 2.05) is 55.5 Å². The van der Waals surface area contributed by atoms with E-state index in [4.69, 9.17) is 4.74 Å². The molecule has 1 N–H and O–H groups in total. The highest BCUT2D eigenvalue weighted by atomic mass is 16.5. The van der Waals surface area contributed by atoms with Crippen LogP contribution in [0, 0.1) is 6.92 Å². The third-order valence-corrected chi connectivity index (χ3v) is 4.82. The van der Waals surface area contributed by atoms with E-state index in [2.05, 4.69) is 10.5 Å². The molecule has 0 aromatic heterocycles. The van der Waals surface area contributed by atoms with Gasteiger partial charge in [-0.3, -0.25) is 4.79 Å². The molecule has 0 aliphatic rings. The molecule has 4 aromatic carbocycles. The van der Waals surface area contributed by atoms with Gasteiger partial charge < -0.3 is 4.74 Å². The van der Waals surface area contributed by atoms with Crippen molar-refractivity contribution in [2.24, 2.45) is 5.10 Å². The fourth-order valence-corrected chi connectivity index (χ4v) is 3.16.